The van der Waals surface area contributed by atoms with Crippen LogP contribution in [-0.4, -0.2) is 86.4 Å². The van der Waals surface area contributed by atoms with E-state index in [-0.39, 0.29) is 18.6 Å². The van der Waals surface area contributed by atoms with E-state index in [9.17, 15) is 4.79 Å². The molecule has 0 radical (unpaired) electrons. The first-order valence-corrected chi connectivity index (χ1v) is 6.53. The van der Waals surface area contributed by atoms with Gasteiger partial charge in [0, 0.05) is 46.4 Å². The second-order valence-corrected chi connectivity index (χ2v) is 4.56. The van der Waals surface area contributed by atoms with Crippen LogP contribution in [0.2, 0.25) is 0 Å². The van der Waals surface area contributed by atoms with E-state index in [1.807, 2.05) is 6.92 Å². The molecule has 2 N–H and O–H groups in total. The molecule has 6 nitrogen and oxygen atoms in total. The Hall–Kier alpha value is -0.690. The minimum absolute atomic E-state index is 0.0580. The van der Waals surface area contributed by atoms with Gasteiger partial charge in [-0.05, 0) is 6.92 Å². The molecule has 1 atom stereocenters. The van der Waals surface area contributed by atoms with Gasteiger partial charge in [-0.3, -0.25) is 14.6 Å². The van der Waals surface area contributed by atoms with Gasteiger partial charge in [0.1, 0.15) is 0 Å². The summed E-state index contributed by atoms with van der Waals surface area (Å²) in [7, 11) is 1.62. The average Bonchev–Trinajstić information content (AvgIpc) is 2.39. The molecule has 106 valence electrons. The molecule has 0 aromatic rings. The summed E-state index contributed by atoms with van der Waals surface area (Å²) in [6.45, 7) is 7.54. The number of aliphatic hydroxyl groups excluding tert-OH is 1. The molecule has 0 spiro atoms. The molecule has 1 fully saturated rings. The highest BCUT2D eigenvalue weighted by molar-refractivity contribution is 5.81. The fraction of sp³-hybridized carbons (Fsp3) is 0.917. The number of hydrogen-bond acceptors (Lipinski definition) is 5. The summed E-state index contributed by atoms with van der Waals surface area (Å²) in [6.07, 6.45) is 0. The fourth-order valence-electron chi connectivity index (χ4n) is 2.11. The molecule has 0 bridgehead atoms. The molecule has 1 saturated heterocycles. The minimum atomic E-state index is -0.0990. The third-order valence-corrected chi connectivity index (χ3v) is 3.36. The summed E-state index contributed by atoms with van der Waals surface area (Å²) in [5.74, 6) is 0.0580. The highest BCUT2D eigenvalue weighted by Crippen LogP contribution is 2.06. The second kappa shape index (κ2) is 8.42. The molecule has 6 heteroatoms. The van der Waals surface area contributed by atoms with Crippen LogP contribution in [0.4, 0.5) is 0 Å². The lowest BCUT2D eigenvalue weighted by Crippen LogP contribution is -2.54. The molecule has 1 heterocycles. The third kappa shape index (κ3) is 4.89. The lowest BCUT2D eigenvalue weighted by Gasteiger charge is -2.37. The van der Waals surface area contributed by atoms with Crippen molar-refractivity contribution in [1.82, 2.24) is 15.1 Å². The number of nitrogens with one attached hydrogen (secondary N) is 1. The Bertz CT molecular complexity index is 243. The molecule has 0 saturated carbocycles. The van der Waals surface area contributed by atoms with E-state index in [0.29, 0.717) is 13.2 Å². The second-order valence-electron chi connectivity index (χ2n) is 4.56. The maximum Gasteiger partial charge on any atom is 0.237 e. The lowest BCUT2D eigenvalue weighted by molar-refractivity contribution is -0.126. The van der Waals surface area contributed by atoms with E-state index in [1.54, 1.807) is 7.11 Å². The van der Waals surface area contributed by atoms with Crippen molar-refractivity contribution in [2.75, 3.05) is 59.6 Å². The Balaban J connectivity index is 2.26. The number of amides is 1. The predicted molar refractivity (Wildman–Crippen MR) is 69.4 cm³/mol. The van der Waals surface area contributed by atoms with Gasteiger partial charge in [0.25, 0.3) is 0 Å². The van der Waals surface area contributed by atoms with Crippen molar-refractivity contribution in [3.63, 3.8) is 0 Å². The first-order valence-electron chi connectivity index (χ1n) is 6.53. The Labute approximate surface area is 109 Å². The van der Waals surface area contributed by atoms with E-state index in [4.69, 9.17) is 9.84 Å². The Morgan fingerprint density at radius 3 is 2.61 bits per heavy atom. The molecule has 1 amide bonds. The summed E-state index contributed by atoms with van der Waals surface area (Å²) in [6, 6.07) is -0.0990. The van der Waals surface area contributed by atoms with Crippen LogP contribution in [0.25, 0.3) is 0 Å². The number of carbonyl (C=O) groups is 1. The number of aliphatic hydroxyl groups is 1. The van der Waals surface area contributed by atoms with Crippen LogP contribution >= 0.6 is 0 Å². The smallest absolute Gasteiger partial charge is 0.237 e. The van der Waals surface area contributed by atoms with E-state index < -0.39 is 0 Å². The fourth-order valence-corrected chi connectivity index (χ4v) is 2.11. The maximum atomic E-state index is 11.9. The van der Waals surface area contributed by atoms with Crippen LogP contribution < -0.4 is 5.32 Å². The zero-order chi connectivity index (χ0) is 13.4. The van der Waals surface area contributed by atoms with Gasteiger partial charge < -0.3 is 15.2 Å². The van der Waals surface area contributed by atoms with Crippen LogP contribution in [0, 0.1) is 0 Å². The highest BCUT2D eigenvalue weighted by Gasteiger charge is 2.24. The van der Waals surface area contributed by atoms with E-state index in [1.165, 1.54) is 0 Å². The van der Waals surface area contributed by atoms with Gasteiger partial charge in [0.2, 0.25) is 5.91 Å². The first kappa shape index (κ1) is 15.4. The van der Waals surface area contributed by atoms with Crippen LogP contribution in [0.15, 0.2) is 0 Å². The van der Waals surface area contributed by atoms with Crippen LogP contribution in [-0.2, 0) is 9.53 Å². The van der Waals surface area contributed by atoms with Gasteiger partial charge in [0.05, 0.1) is 19.3 Å². The Morgan fingerprint density at radius 1 is 1.39 bits per heavy atom. The molecule has 1 aliphatic heterocycles. The molecule has 0 aliphatic carbocycles. The predicted octanol–water partition coefficient (Wildman–Crippen LogP) is -1.25. The van der Waals surface area contributed by atoms with Gasteiger partial charge in [-0.1, -0.05) is 0 Å². The summed E-state index contributed by atoms with van der Waals surface area (Å²) in [5.41, 5.74) is 0. The van der Waals surface area contributed by atoms with Crippen molar-refractivity contribution in [2.45, 2.75) is 13.0 Å². The zero-order valence-corrected chi connectivity index (χ0v) is 11.4. The molecule has 1 rings (SSSR count). The monoisotopic (exact) mass is 259 g/mol. The van der Waals surface area contributed by atoms with Crippen molar-refractivity contribution in [1.29, 1.82) is 0 Å². The van der Waals surface area contributed by atoms with E-state index in [0.717, 1.165) is 32.7 Å². The molecule has 0 aromatic carbocycles. The first-order chi connectivity index (χ1) is 8.69. The number of nitrogens with zero attached hydrogens (tertiary/aromatic N) is 2. The highest BCUT2D eigenvalue weighted by atomic mass is 16.5. The van der Waals surface area contributed by atoms with Crippen LogP contribution in [0.5, 0.6) is 0 Å². The van der Waals surface area contributed by atoms with Gasteiger partial charge in [-0.15, -0.1) is 0 Å². The van der Waals surface area contributed by atoms with Gasteiger partial charge in [-0.2, -0.15) is 0 Å². The van der Waals surface area contributed by atoms with E-state index in [2.05, 4.69) is 15.1 Å². The van der Waals surface area contributed by atoms with Crippen molar-refractivity contribution in [3.05, 3.63) is 0 Å². The number of methoxy groups -OCH3 is 1. The SMILES string of the molecule is COCCNC(=O)C(C)N1CCN(CCO)CC1. The maximum absolute atomic E-state index is 11.9. The summed E-state index contributed by atoms with van der Waals surface area (Å²) in [4.78, 5) is 16.3. The van der Waals surface area contributed by atoms with Gasteiger partial charge in [0.15, 0.2) is 0 Å². The summed E-state index contributed by atoms with van der Waals surface area (Å²) < 4.78 is 4.90. The lowest BCUT2D eigenvalue weighted by atomic mass is 10.2. The minimum Gasteiger partial charge on any atom is -0.395 e. The molecule has 1 unspecified atom stereocenters. The van der Waals surface area contributed by atoms with Crippen molar-refractivity contribution >= 4 is 5.91 Å². The van der Waals surface area contributed by atoms with Crippen molar-refractivity contribution in [2.24, 2.45) is 0 Å². The largest absolute Gasteiger partial charge is 0.395 e. The third-order valence-electron chi connectivity index (χ3n) is 3.36. The Kier molecular flexibility index (Phi) is 7.19. The molecule has 0 aromatic heterocycles. The molecular formula is C12H25N3O3. The van der Waals surface area contributed by atoms with Crippen LogP contribution in [0.1, 0.15) is 6.92 Å². The summed E-state index contributed by atoms with van der Waals surface area (Å²) in [5, 5.41) is 11.7. The standard InChI is InChI=1S/C12H25N3O3/c1-11(12(17)13-3-10-18-2)15-6-4-14(5-7-15)8-9-16/h11,16H,3-10H2,1-2H3,(H,13,17). The number of ether oxygens (including phenoxy) is 1. The zero-order valence-electron chi connectivity index (χ0n) is 11.4. The number of rotatable bonds is 7. The van der Waals surface area contributed by atoms with Crippen molar-refractivity contribution in [3.8, 4) is 0 Å². The van der Waals surface area contributed by atoms with Crippen molar-refractivity contribution < 1.29 is 14.6 Å². The molecular weight excluding hydrogens is 234 g/mol. The number of piperazine rings is 1. The number of carbonyl (C=O) groups excluding carboxylic acids is 1. The molecule has 18 heavy (non-hydrogen) atoms. The average molecular weight is 259 g/mol. The van der Waals surface area contributed by atoms with Gasteiger partial charge in [-0.25, -0.2) is 0 Å². The molecule has 1 aliphatic rings. The van der Waals surface area contributed by atoms with E-state index >= 15 is 0 Å². The number of hydrogen-bond donors (Lipinski definition) is 2. The quantitative estimate of drug-likeness (QED) is 0.559. The number of β-amino-alcohol motifs (C(OH)–C–C–N with tert-alkyl or cyclic N) is 1. The normalized spacial score (nSPS) is 19.7. The van der Waals surface area contributed by atoms with Gasteiger partial charge >= 0.3 is 0 Å². The Morgan fingerprint density at radius 2 is 2.06 bits per heavy atom. The summed E-state index contributed by atoms with van der Waals surface area (Å²) >= 11 is 0. The van der Waals surface area contributed by atoms with Crippen LogP contribution in [0.3, 0.4) is 0 Å². The topological polar surface area (TPSA) is 65.0 Å².